The van der Waals surface area contributed by atoms with E-state index in [1.54, 1.807) is 0 Å². The van der Waals surface area contributed by atoms with Gasteiger partial charge in [0.15, 0.2) is 0 Å². The smallest absolute Gasteiger partial charge is 0.0456 e. The van der Waals surface area contributed by atoms with Crippen molar-refractivity contribution < 1.29 is 0 Å². The molecular formula is C15H14Cl3N. The first-order valence-corrected chi connectivity index (χ1v) is 7.13. The molecule has 0 aliphatic carbocycles. The third kappa shape index (κ3) is 3.64. The van der Waals surface area contributed by atoms with Gasteiger partial charge in [0.1, 0.15) is 0 Å². The quantitative estimate of drug-likeness (QED) is 0.850. The molecule has 0 fully saturated rings. The molecule has 19 heavy (non-hydrogen) atoms. The summed E-state index contributed by atoms with van der Waals surface area (Å²) in [7, 11) is 0. The van der Waals surface area contributed by atoms with Gasteiger partial charge in [0.05, 0.1) is 0 Å². The van der Waals surface area contributed by atoms with Gasteiger partial charge < -0.3 is 5.73 Å². The second-order valence-electron chi connectivity index (χ2n) is 4.40. The Balaban J connectivity index is 2.30. The lowest BCUT2D eigenvalue weighted by Gasteiger charge is -2.18. The molecule has 0 saturated carbocycles. The third-order valence-corrected chi connectivity index (χ3v) is 3.96. The van der Waals surface area contributed by atoms with E-state index >= 15 is 0 Å². The van der Waals surface area contributed by atoms with Crippen LogP contribution in [0.4, 0.5) is 0 Å². The molecule has 0 aromatic heterocycles. The molecule has 2 aromatic rings. The summed E-state index contributed by atoms with van der Waals surface area (Å²) in [6.07, 6.45) is 0.764. The zero-order valence-corrected chi connectivity index (χ0v) is 12.5. The van der Waals surface area contributed by atoms with Crippen LogP contribution in [0.2, 0.25) is 15.1 Å². The average molecular weight is 315 g/mol. The van der Waals surface area contributed by atoms with Crippen molar-refractivity contribution >= 4 is 34.8 Å². The summed E-state index contributed by atoms with van der Waals surface area (Å²) in [5.74, 6) is 0.0830. The number of halogens is 3. The fraction of sp³-hybridized carbons (Fsp3) is 0.200. The van der Waals surface area contributed by atoms with Crippen LogP contribution < -0.4 is 5.73 Å². The number of rotatable bonds is 4. The van der Waals surface area contributed by atoms with Crippen LogP contribution in [0.15, 0.2) is 42.5 Å². The van der Waals surface area contributed by atoms with Crippen molar-refractivity contribution in [2.75, 3.05) is 6.54 Å². The maximum Gasteiger partial charge on any atom is 0.0456 e. The molecule has 0 aliphatic heterocycles. The van der Waals surface area contributed by atoms with E-state index < -0.39 is 0 Å². The molecule has 1 atom stereocenters. The Bertz CT molecular complexity index is 549. The molecular weight excluding hydrogens is 301 g/mol. The fourth-order valence-corrected chi connectivity index (χ4v) is 3.07. The van der Waals surface area contributed by atoms with Gasteiger partial charge in [-0.15, -0.1) is 0 Å². The lowest BCUT2D eigenvalue weighted by molar-refractivity contribution is 0.695. The highest BCUT2D eigenvalue weighted by Gasteiger charge is 2.17. The number of benzene rings is 2. The zero-order chi connectivity index (χ0) is 13.8. The minimum atomic E-state index is 0.0830. The van der Waals surface area contributed by atoms with E-state index in [1.807, 2.05) is 42.5 Å². The van der Waals surface area contributed by atoms with Crippen LogP contribution in [-0.4, -0.2) is 6.54 Å². The standard InChI is InChI=1S/C15H14Cl3N/c16-12-4-1-3-10(8-12)7-11(9-19)15-13(17)5-2-6-14(15)18/h1-6,8,11H,7,9,19H2. The van der Waals surface area contributed by atoms with Crippen molar-refractivity contribution in [1.82, 2.24) is 0 Å². The van der Waals surface area contributed by atoms with Gasteiger partial charge in [0.2, 0.25) is 0 Å². The molecule has 100 valence electrons. The lowest BCUT2D eigenvalue weighted by Crippen LogP contribution is -2.16. The van der Waals surface area contributed by atoms with Gasteiger partial charge in [-0.05, 0) is 48.4 Å². The molecule has 4 heteroatoms. The highest BCUT2D eigenvalue weighted by molar-refractivity contribution is 6.36. The van der Waals surface area contributed by atoms with Gasteiger partial charge in [0.25, 0.3) is 0 Å². The van der Waals surface area contributed by atoms with Gasteiger partial charge in [-0.3, -0.25) is 0 Å². The van der Waals surface area contributed by atoms with Crippen LogP contribution in [0.25, 0.3) is 0 Å². The molecule has 0 heterocycles. The van der Waals surface area contributed by atoms with Crippen molar-refractivity contribution in [3.05, 3.63) is 68.7 Å². The van der Waals surface area contributed by atoms with E-state index in [1.165, 1.54) is 0 Å². The Morgan fingerprint density at radius 1 is 0.947 bits per heavy atom. The van der Waals surface area contributed by atoms with Gasteiger partial charge in [-0.2, -0.15) is 0 Å². The van der Waals surface area contributed by atoms with Crippen molar-refractivity contribution in [3.8, 4) is 0 Å². The Morgan fingerprint density at radius 3 is 2.16 bits per heavy atom. The molecule has 2 rings (SSSR count). The van der Waals surface area contributed by atoms with Crippen molar-refractivity contribution in [2.24, 2.45) is 5.73 Å². The molecule has 0 aliphatic rings. The second-order valence-corrected chi connectivity index (χ2v) is 5.65. The Hall–Kier alpha value is -0.730. The van der Waals surface area contributed by atoms with Crippen LogP contribution in [0.3, 0.4) is 0 Å². The normalized spacial score (nSPS) is 12.4. The minimum absolute atomic E-state index is 0.0830. The van der Waals surface area contributed by atoms with Crippen molar-refractivity contribution in [2.45, 2.75) is 12.3 Å². The predicted molar refractivity (Wildman–Crippen MR) is 83.4 cm³/mol. The fourth-order valence-electron chi connectivity index (χ4n) is 2.15. The van der Waals surface area contributed by atoms with Gasteiger partial charge >= 0.3 is 0 Å². The molecule has 1 unspecified atom stereocenters. The summed E-state index contributed by atoms with van der Waals surface area (Å²) in [5, 5.41) is 2.04. The van der Waals surface area contributed by atoms with Gasteiger partial charge in [-0.25, -0.2) is 0 Å². The van der Waals surface area contributed by atoms with E-state index in [0.29, 0.717) is 16.6 Å². The molecule has 0 radical (unpaired) electrons. The summed E-state index contributed by atoms with van der Waals surface area (Å²) in [4.78, 5) is 0. The largest absolute Gasteiger partial charge is 0.330 e. The summed E-state index contributed by atoms with van der Waals surface area (Å²) in [5.41, 5.74) is 7.91. The van der Waals surface area contributed by atoms with E-state index in [9.17, 15) is 0 Å². The van der Waals surface area contributed by atoms with Crippen LogP contribution in [0.5, 0.6) is 0 Å². The maximum absolute atomic E-state index is 6.23. The van der Waals surface area contributed by atoms with Crippen molar-refractivity contribution in [1.29, 1.82) is 0 Å². The zero-order valence-electron chi connectivity index (χ0n) is 10.2. The monoisotopic (exact) mass is 313 g/mol. The first-order chi connectivity index (χ1) is 9.11. The van der Waals surface area contributed by atoms with E-state index in [2.05, 4.69) is 0 Å². The highest BCUT2D eigenvalue weighted by Crippen LogP contribution is 2.33. The first kappa shape index (κ1) is 14.7. The number of nitrogens with two attached hydrogens (primary N) is 1. The van der Waals surface area contributed by atoms with Crippen LogP contribution in [0.1, 0.15) is 17.0 Å². The Morgan fingerprint density at radius 2 is 1.58 bits per heavy atom. The molecule has 0 bridgehead atoms. The Kier molecular flexibility index (Phi) is 5.12. The predicted octanol–water partition coefficient (Wildman–Crippen LogP) is 4.93. The minimum Gasteiger partial charge on any atom is -0.330 e. The van der Waals surface area contributed by atoms with E-state index in [4.69, 9.17) is 40.5 Å². The summed E-state index contributed by atoms with van der Waals surface area (Å²) in [6.45, 7) is 0.482. The molecule has 0 amide bonds. The first-order valence-electron chi connectivity index (χ1n) is 6.00. The number of hydrogen-bond acceptors (Lipinski definition) is 1. The van der Waals surface area contributed by atoms with Crippen molar-refractivity contribution in [3.63, 3.8) is 0 Å². The van der Waals surface area contributed by atoms with Gasteiger partial charge in [0, 0.05) is 21.0 Å². The van der Waals surface area contributed by atoms with Crippen LogP contribution in [-0.2, 0) is 6.42 Å². The SMILES string of the molecule is NCC(Cc1cccc(Cl)c1)c1c(Cl)cccc1Cl. The van der Waals surface area contributed by atoms with E-state index in [-0.39, 0.29) is 5.92 Å². The lowest BCUT2D eigenvalue weighted by atomic mass is 9.92. The summed E-state index contributed by atoms with van der Waals surface area (Å²) < 4.78 is 0. The third-order valence-electron chi connectivity index (χ3n) is 3.06. The topological polar surface area (TPSA) is 26.0 Å². The highest BCUT2D eigenvalue weighted by atomic mass is 35.5. The molecule has 0 saturated heterocycles. The van der Waals surface area contributed by atoms with Crippen LogP contribution in [0, 0.1) is 0 Å². The Labute approximate surface area is 128 Å². The molecule has 0 spiro atoms. The second kappa shape index (κ2) is 6.62. The van der Waals surface area contributed by atoms with Crippen LogP contribution >= 0.6 is 34.8 Å². The molecule has 1 nitrogen and oxygen atoms in total. The number of hydrogen-bond donors (Lipinski definition) is 1. The van der Waals surface area contributed by atoms with Gasteiger partial charge in [-0.1, -0.05) is 53.0 Å². The van der Waals surface area contributed by atoms with E-state index in [0.717, 1.165) is 22.6 Å². The molecule has 2 aromatic carbocycles. The summed E-state index contributed by atoms with van der Waals surface area (Å²) >= 11 is 18.5. The maximum atomic E-state index is 6.23. The molecule has 2 N–H and O–H groups in total. The average Bonchev–Trinajstić information content (AvgIpc) is 2.37. The summed E-state index contributed by atoms with van der Waals surface area (Å²) in [6, 6.07) is 13.3.